The van der Waals surface area contributed by atoms with Crippen molar-refractivity contribution in [2.24, 2.45) is 5.73 Å². The Kier molecular flexibility index (Phi) is 7.94. The van der Waals surface area contributed by atoms with Gasteiger partial charge < -0.3 is 15.4 Å². The molecule has 4 nitrogen and oxygen atoms in total. The average molecular weight is 368 g/mol. The Balaban J connectivity index is 0.00000242. The van der Waals surface area contributed by atoms with E-state index in [-0.39, 0.29) is 24.4 Å². The fraction of sp³-hybridized carbons (Fsp3) is 0.533. The summed E-state index contributed by atoms with van der Waals surface area (Å²) in [6, 6.07) is 5.06. The molecule has 1 aromatic rings. The highest BCUT2D eigenvalue weighted by Crippen LogP contribution is 2.24. The Morgan fingerprint density at radius 3 is 2.55 bits per heavy atom. The van der Waals surface area contributed by atoms with Gasteiger partial charge in [-0.15, -0.1) is 12.4 Å². The summed E-state index contributed by atoms with van der Waals surface area (Å²) in [5, 5.41) is 1.08. The third-order valence-electron chi connectivity index (χ3n) is 3.61. The van der Waals surface area contributed by atoms with E-state index in [1.807, 2.05) is 17.0 Å². The lowest BCUT2D eigenvalue weighted by molar-refractivity contribution is -0.135. The van der Waals surface area contributed by atoms with Gasteiger partial charge in [0.1, 0.15) is 0 Å². The first kappa shape index (κ1) is 19.5. The predicted octanol–water partition coefficient (Wildman–Crippen LogP) is 3.27. The fourth-order valence-electron chi connectivity index (χ4n) is 2.37. The largest absolute Gasteiger partial charge is 0.373 e. The lowest BCUT2D eigenvalue weighted by atomic mass is 10.1. The first-order valence-corrected chi connectivity index (χ1v) is 7.83. The van der Waals surface area contributed by atoms with Crippen LogP contribution in [0.15, 0.2) is 18.2 Å². The number of benzene rings is 1. The molecule has 0 aliphatic carbocycles. The summed E-state index contributed by atoms with van der Waals surface area (Å²) in [7, 11) is 0. The number of ether oxygens (including phenoxy) is 1. The number of rotatable bonds is 4. The van der Waals surface area contributed by atoms with Crippen LogP contribution in [0.3, 0.4) is 0 Å². The molecule has 2 rings (SSSR count). The summed E-state index contributed by atoms with van der Waals surface area (Å²) in [6.45, 7) is 3.62. The third kappa shape index (κ3) is 5.28. The number of hydrogen-bond donors (Lipinski definition) is 1. The molecule has 0 radical (unpaired) electrons. The molecule has 1 fully saturated rings. The van der Waals surface area contributed by atoms with E-state index in [0.29, 0.717) is 29.7 Å². The van der Waals surface area contributed by atoms with E-state index < -0.39 is 6.04 Å². The number of piperidine rings is 1. The first-order chi connectivity index (χ1) is 9.97. The van der Waals surface area contributed by atoms with Gasteiger partial charge in [-0.2, -0.15) is 0 Å². The maximum Gasteiger partial charge on any atom is 0.239 e. The van der Waals surface area contributed by atoms with Crippen LogP contribution in [-0.4, -0.2) is 36.0 Å². The molecule has 0 spiro atoms. The topological polar surface area (TPSA) is 55.6 Å². The van der Waals surface area contributed by atoms with Gasteiger partial charge in [0.2, 0.25) is 5.91 Å². The Morgan fingerprint density at radius 2 is 2.00 bits per heavy atom. The Bertz CT molecular complexity index is 504. The van der Waals surface area contributed by atoms with Crippen LogP contribution in [-0.2, 0) is 16.1 Å². The molecule has 0 bridgehead atoms. The van der Waals surface area contributed by atoms with Crippen molar-refractivity contribution in [3.05, 3.63) is 33.8 Å². The summed E-state index contributed by atoms with van der Waals surface area (Å²) in [4.78, 5) is 13.6. The van der Waals surface area contributed by atoms with Gasteiger partial charge in [-0.25, -0.2) is 0 Å². The van der Waals surface area contributed by atoms with Crippen molar-refractivity contribution in [3.63, 3.8) is 0 Å². The van der Waals surface area contributed by atoms with Gasteiger partial charge in [-0.3, -0.25) is 4.79 Å². The normalized spacial score (nSPS) is 17.0. The lowest BCUT2D eigenvalue weighted by Gasteiger charge is -2.32. The zero-order valence-corrected chi connectivity index (χ0v) is 14.8. The molecule has 1 atom stereocenters. The van der Waals surface area contributed by atoms with Crippen molar-refractivity contribution < 1.29 is 9.53 Å². The van der Waals surface area contributed by atoms with Crippen LogP contribution in [0.2, 0.25) is 10.0 Å². The minimum absolute atomic E-state index is 0. The monoisotopic (exact) mass is 366 g/mol. The molecule has 1 heterocycles. The molecule has 1 amide bonds. The van der Waals surface area contributed by atoms with Crippen LogP contribution in [0, 0.1) is 0 Å². The molecule has 1 aromatic carbocycles. The minimum atomic E-state index is -0.432. The molecule has 0 saturated carbocycles. The summed E-state index contributed by atoms with van der Waals surface area (Å²) in [6.07, 6.45) is 1.83. The average Bonchev–Trinajstić information content (AvgIpc) is 2.48. The third-order valence-corrected chi connectivity index (χ3v) is 4.35. The number of likely N-dealkylation sites (tertiary alicyclic amines) is 1. The van der Waals surface area contributed by atoms with Crippen LogP contribution in [0.25, 0.3) is 0 Å². The van der Waals surface area contributed by atoms with Crippen LogP contribution in [0.1, 0.15) is 25.3 Å². The number of hydrogen-bond acceptors (Lipinski definition) is 3. The van der Waals surface area contributed by atoms with Gasteiger partial charge in [-0.05, 0) is 37.5 Å². The van der Waals surface area contributed by atoms with E-state index in [2.05, 4.69) is 0 Å². The quantitative estimate of drug-likeness (QED) is 0.888. The molecular formula is C15H21Cl3N2O2. The van der Waals surface area contributed by atoms with Crippen molar-refractivity contribution in [2.45, 2.75) is 38.5 Å². The predicted molar refractivity (Wildman–Crippen MR) is 91.8 cm³/mol. The fourth-order valence-corrected chi connectivity index (χ4v) is 2.70. The van der Waals surface area contributed by atoms with Crippen LogP contribution in [0.5, 0.6) is 0 Å². The van der Waals surface area contributed by atoms with E-state index in [1.165, 1.54) is 0 Å². The van der Waals surface area contributed by atoms with Crippen molar-refractivity contribution in [1.82, 2.24) is 4.90 Å². The molecule has 2 N–H and O–H groups in total. The van der Waals surface area contributed by atoms with Crippen LogP contribution >= 0.6 is 35.6 Å². The highest BCUT2D eigenvalue weighted by atomic mass is 35.5. The molecule has 0 aromatic heterocycles. The van der Waals surface area contributed by atoms with E-state index in [0.717, 1.165) is 18.4 Å². The standard InChI is InChI=1S/C15H20Cl2N2O2.ClH/c1-10(18)15(20)19-6-4-12(5-7-19)21-9-11-2-3-13(16)14(17)8-11;/h2-3,8,10,12H,4-7,9,18H2,1H3;1H/t10-;/m0./s1. The number of carbonyl (C=O) groups excluding carboxylic acids is 1. The Hall–Kier alpha value is -0.520. The number of nitrogens with zero attached hydrogens (tertiary/aromatic N) is 1. The summed E-state index contributed by atoms with van der Waals surface area (Å²) in [5.74, 6) is 0.0120. The van der Waals surface area contributed by atoms with E-state index >= 15 is 0 Å². The van der Waals surface area contributed by atoms with E-state index in [4.69, 9.17) is 33.7 Å². The van der Waals surface area contributed by atoms with Crippen molar-refractivity contribution in [1.29, 1.82) is 0 Å². The highest BCUT2D eigenvalue weighted by Gasteiger charge is 2.24. The number of amides is 1. The number of halogens is 3. The number of carbonyl (C=O) groups is 1. The van der Waals surface area contributed by atoms with Crippen LogP contribution in [0.4, 0.5) is 0 Å². The Morgan fingerprint density at radius 1 is 1.36 bits per heavy atom. The zero-order valence-electron chi connectivity index (χ0n) is 12.4. The maximum absolute atomic E-state index is 11.8. The summed E-state index contributed by atoms with van der Waals surface area (Å²) in [5.41, 5.74) is 6.62. The van der Waals surface area contributed by atoms with Gasteiger partial charge in [0.25, 0.3) is 0 Å². The van der Waals surface area contributed by atoms with Crippen molar-refractivity contribution in [3.8, 4) is 0 Å². The molecule has 0 unspecified atom stereocenters. The van der Waals surface area contributed by atoms with Gasteiger partial charge in [-0.1, -0.05) is 29.3 Å². The zero-order chi connectivity index (χ0) is 15.4. The van der Waals surface area contributed by atoms with Gasteiger partial charge in [0.05, 0.1) is 28.8 Å². The molecule has 1 saturated heterocycles. The van der Waals surface area contributed by atoms with Gasteiger partial charge in [0.15, 0.2) is 0 Å². The van der Waals surface area contributed by atoms with Gasteiger partial charge >= 0.3 is 0 Å². The molecule has 1 aliphatic heterocycles. The highest BCUT2D eigenvalue weighted by molar-refractivity contribution is 6.42. The second-order valence-electron chi connectivity index (χ2n) is 5.37. The van der Waals surface area contributed by atoms with E-state index in [1.54, 1.807) is 13.0 Å². The Labute approximate surface area is 147 Å². The second kappa shape index (κ2) is 8.94. The smallest absolute Gasteiger partial charge is 0.239 e. The van der Waals surface area contributed by atoms with Crippen LogP contribution < -0.4 is 5.73 Å². The molecule has 1 aliphatic rings. The maximum atomic E-state index is 11.8. The van der Waals surface area contributed by atoms with E-state index in [9.17, 15) is 4.79 Å². The van der Waals surface area contributed by atoms with Gasteiger partial charge in [0, 0.05) is 13.1 Å². The lowest BCUT2D eigenvalue weighted by Crippen LogP contribution is -2.47. The first-order valence-electron chi connectivity index (χ1n) is 7.07. The molecule has 124 valence electrons. The molecule has 7 heteroatoms. The molecular weight excluding hydrogens is 347 g/mol. The van der Waals surface area contributed by atoms with Crippen molar-refractivity contribution in [2.75, 3.05) is 13.1 Å². The summed E-state index contributed by atoms with van der Waals surface area (Å²) >= 11 is 11.9. The summed E-state index contributed by atoms with van der Waals surface area (Å²) < 4.78 is 5.88. The second-order valence-corrected chi connectivity index (χ2v) is 6.19. The SMILES string of the molecule is C[C@H](N)C(=O)N1CCC(OCc2ccc(Cl)c(Cl)c2)CC1.Cl. The van der Waals surface area contributed by atoms with Crippen molar-refractivity contribution >= 4 is 41.5 Å². The molecule has 22 heavy (non-hydrogen) atoms. The minimum Gasteiger partial charge on any atom is -0.373 e. The number of nitrogens with two attached hydrogens (primary N) is 1.